The van der Waals surface area contributed by atoms with Crippen LogP contribution in [0.4, 0.5) is 23.2 Å². The Morgan fingerprint density at radius 3 is 2.31 bits per heavy atom. The minimum atomic E-state index is -4.47. The first kappa shape index (κ1) is 21.8. The molecular weight excluding hydrogens is 426 g/mol. The Balaban J connectivity index is 1.64. The van der Waals surface area contributed by atoms with Gasteiger partial charge in [-0.2, -0.15) is 18.4 Å². The lowest BCUT2D eigenvalue weighted by molar-refractivity contribution is -0.161. The number of benzene rings is 2. The quantitative estimate of drug-likeness (QED) is 0.664. The summed E-state index contributed by atoms with van der Waals surface area (Å²) in [5, 5.41) is 8.93. The van der Waals surface area contributed by atoms with Crippen LogP contribution in [0.25, 0.3) is 0 Å². The number of hydrogen-bond acceptors (Lipinski definition) is 3. The first-order valence-electron chi connectivity index (χ1n) is 10.0. The molecule has 166 valence electrons. The second-order valence-corrected chi connectivity index (χ2v) is 8.39. The van der Waals surface area contributed by atoms with Crippen molar-refractivity contribution in [2.75, 3.05) is 11.4 Å². The van der Waals surface area contributed by atoms with Gasteiger partial charge in [0.2, 0.25) is 5.91 Å². The van der Waals surface area contributed by atoms with Gasteiger partial charge in [0, 0.05) is 6.54 Å². The van der Waals surface area contributed by atoms with E-state index in [-0.39, 0.29) is 23.7 Å². The summed E-state index contributed by atoms with van der Waals surface area (Å²) in [6.07, 6.45) is -3.70. The molecule has 0 aromatic heterocycles. The lowest BCUT2D eigenvalue weighted by Gasteiger charge is -2.56. The summed E-state index contributed by atoms with van der Waals surface area (Å²) in [4.78, 5) is 29.1. The van der Waals surface area contributed by atoms with Crippen LogP contribution in [0.15, 0.2) is 42.5 Å². The van der Waals surface area contributed by atoms with Gasteiger partial charge in [-0.3, -0.25) is 14.5 Å². The van der Waals surface area contributed by atoms with Crippen LogP contribution in [0.2, 0.25) is 0 Å². The molecule has 1 aliphatic carbocycles. The van der Waals surface area contributed by atoms with Gasteiger partial charge in [0.1, 0.15) is 17.9 Å². The van der Waals surface area contributed by atoms with E-state index in [1.54, 1.807) is 0 Å². The zero-order valence-corrected chi connectivity index (χ0v) is 17.1. The highest BCUT2D eigenvalue weighted by Crippen LogP contribution is 2.47. The average molecular weight is 445 g/mol. The van der Waals surface area contributed by atoms with Crippen molar-refractivity contribution in [1.29, 1.82) is 5.26 Å². The number of carbonyl (C=O) groups is 2. The van der Waals surface area contributed by atoms with Crippen molar-refractivity contribution in [3.8, 4) is 6.07 Å². The zero-order valence-electron chi connectivity index (χ0n) is 17.1. The van der Waals surface area contributed by atoms with Crippen LogP contribution >= 0.6 is 0 Å². The molecular formula is C23H19F4N3O2. The smallest absolute Gasteiger partial charge is 0.322 e. The minimum absolute atomic E-state index is 0.0148. The zero-order chi connectivity index (χ0) is 23.3. The molecule has 1 heterocycles. The summed E-state index contributed by atoms with van der Waals surface area (Å²) < 4.78 is 53.1. The number of piperazine rings is 1. The average Bonchev–Trinajstić information content (AvgIpc) is 2.72. The second kappa shape index (κ2) is 7.62. The SMILES string of the molecule is C[C@H]1C[C@]2(C1)C(=O)N(c1ccc(C#N)cc1F)CC(=O)N2Cc1ccc(C(F)(F)F)cc1. The molecule has 1 aliphatic heterocycles. The fraction of sp³-hybridized carbons (Fsp3) is 0.348. The number of hydrogen-bond donors (Lipinski definition) is 0. The highest BCUT2D eigenvalue weighted by Gasteiger charge is 2.59. The largest absolute Gasteiger partial charge is 0.416 e. The number of halogens is 4. The summed E-state index contributed by atoms with van der Waals surface area (Å²) in [7, 11) is 0. The third kappa shape index (κ3) is 3.60. The molecule has 1 spiro atoms. The molecule has 2 amide bonds. The van der Waals surface area contributed by atoms with Crippen LogP contribution in [0.1, 0.15) is 36.5 Å². The highest BCUT2D eigenvalue weighted by molar-refractivity contribution is 6.09. The summed E-state index contributed by atoms with van der Waals surface area (Å²) in [5.74, 6) is -1.46. The van der Waals surface area contributed by atoms with Crippen molar-refractivity contribution < 1.29 is 27.2 Å². The Morgan fingerprint density at radius 2 is 1.78 bits per heavy atom. The predicted molar refractivity (Wildman–Crippen MR) is 107 cm³/mol. The molecule has 1 saturated heterocycles. The van der Waals surface area contributed by atoms with Gasteiger partial charge in [-0.15, -0.1) is 0 Å². The van der Waals surface area contributed by atoms with Gasteiger partial charge < -0.3 is 4.90 Å². The summed E-state index contributed by atoms with van der Waals surface area (Å²) >= 11 is 0. The molecule has 2 aromatic rings. The van der Waals surface area contributed by atoms with Gasteiger partial charge in [0.15, 0.2) is 0 Å². The third-order valence-electron chi connectivity index (χ3n) is 6.12. The number of amides is 2. The van der Waals surface area contributed by atoms with Crippen molar-refractivity contribution in [1.82, 2.24) is 4.90 Å². The molecule has 9 heteroatoms. The Hall–Kier alpha value is -3.41. The van der Waals surface area contributed by atoms with E-state index in [4.69, 9.17) is 5.26 Å². The van der Waals surface area contributed by atoms with E-state index >= 15 is 0 Å². The number of rotatable bonds is 3. The standard InChI is InChI=1S/C23H19F4N3O2/c1-14-9-22(10-14)21(32)29(19-7-4-16(11-28)8-18(19)24)13-20(31)30(22)12-15-2-5-17(6-3-15)23(25,26)27/h2-8,14H,9-10,12-13H2,1H3/t14-,22-. The molecule has 32 heavy (non-hydrogen) atoms. The van der Waals surface area contributed by atoms with E-state index in [0.717, 1.165) is 23.1 Å². The molecule has 0 bridgehead atoms. The van der Waals surface area contributed by atoms with E-state index in [1.807, 2.05) is 13.0 Å². The van der Waals surface area contributed by atoms with Crippen LogP contribution in [-0.2, 0) is 22.3 Å². The van der Waals surface area contributed by atoms with E-state index in [1.165, 1.54) is 29.2 Å². The highest BCUT2D eigenvalue weighted by atomic mass is 19.4. The number of alkyl halides is 3. The maximum Gasteiger partial charge on any atom is 0.416 e. The van der Waals surface area contributed by atoms with Gasteiger partial charge in [-0.05, 0) is 54.7 Å². The Labute approximate surface area is 181 Å². The maximum atomic E-state index is 14.6. The predicted octanol–water partition coefficient (Wildman–Crippen LogP) is 4.26. The van der Waals surface area contributed by atoms with E-state index in [2.05, 4.69) is 0 Å². The van der Waals surface area contributed by atoms with Crippen molar-refractivity contribution in [2.45, 2.75) is 38.0 Å². The van der Waals surface area contributed by atoms with Crippen molar-refractivity contribution >= 4 is 17.5 Å². The fourth-order valence-electron chi connectivity index (χ4n) is 4.60. The molecule has 0 radical (unpaired) electrons. The topological polar surface area (TPSA) is 64.4 Å². The number of anilines is 1. The molecule has 2 aromatic carbocycles. The second-order valence-electron chi connectivity index (χ2n) is 8.39. The van der Waals surface area contributed by atoms with Gasteiger partial charge in [-0.1, -0.05) is 19.1 Å². The summed E-state index contributed by atoms with van der Waals surface area (Å²) in [6.45, 7) is 1.53. The molecule has 4 rings (SSSR count). The van der Waals surface area contributed by atoms with Crippen molar-refractivity contribution in [3.05, 3.63) is 65.0 Å². The summed E-state index contributed by atoms with van der Waals surface area (Å²) in [6, 6.07) is 9.99. The molecule has 0 atom stereocenters. The number of nitriles is 1. The molecule has 2 fully saturated rings. The van der Waals surface area contributed by atoms with Crippen LogP contribution in [0.5, 0.6) is 0 Å². The fourth-order valence-corrected chi connectivity index (χ4v) is 4.60. The lowest BCUT2D eigenvalue weighted by atomic mass is 9.66. The Kier molecular flexibility index (Phi) is 5.19. The summed E-state index contributed by atoms with van der Waals surface area (Å²) in [5.41, 5.74) is -1.47. The van der Waals surface area contributed by atoms with Gasteiger partial charge in [-0.25, -0.2) is 4.39 Å². The number of carbonyl (C=O) groups excluding carboxylic acids is 2. The van der Waals surface area contributed by atoms with Crippen LogP contribution in [-0.4, -0.2) is 28.8 Å². The molecule has 0 N–H and O–H groups in total. The van der Waals surface area contributed by atoms with Gasteiger partial charge in [0.05, 0.1) is 22.9 Å². The number of nitrogens with zero attached hydrogens (tertiary/aromatic N) is 3. The van der Waals surface area contributed by atoms with Crippen molar-refractivity contribution in [3.63, 3.8) is 0 Å². The maximum absolute atomic E-state index is 14.6. The third-order valence-corrected chi connectivity index (χ3v) is 6.12. The Bertz CT molecular complexity index is 1120. The van der Waals surface area contributed by atoms with Crippen molar-refractivity contribution in [2.24, 2.45) is 5.92 Å². The lowest BCUT2D eigenvalue weighted by Crippen LogP contribution is -2.72. The van der Waals surface area contributed by atoms with E-state index in [0.29, 0.717) is 18.4 Å². The van der Waals surface area contributed by atoms with E-state index < -0.39 is 41.5 Å². The Morgan fingerprint density at radius 1 is 1.12 bits per heavy atom. The first-order valence-corrected chi connectivity index (χ1v) is 10.0. The molecule has 1 saturated carbocycles. The minimum Gasteiger partial charge on any atom is -0.322 e. The van der Waals surface area contributed by atoms with Crippen LogP contribution < -0.4 is 4.90 Å². The molecule has 2 aliphatic rings. The van der Waals surface area contributed by atoms with Crippen LogP contribution in [0, 0.1) is 23.1 Å². The normalized spacial score (nSPS) is 23.3. The molecule has 5 nitrogen and oxygen atoms in total. The molecule has 0 unspecified atom stereocenters. The van der Waals surface area contributed by atoms with Gasteiger partial charge in [0.25, 0.3) is 5.91 Å². The van der Waals surface area contributed by atoms with Crippen LogP contribution in [0.3, 0.4) is 0 Å². The first-order chi connectivity index (χ1) is 15.0. The van der Waals surface area contributed by atoms with E-state index in [9.17, 15) is 27.2 Å². The van der Waals surface area contributed by atoms with Gasteiger partial charge >= 0.3 is 6.18 Å². The monoisotopic (exact) mass is 445 g/mol.